The van der Waals surface area contributed by atoms with Gasteiger partial charge in [0, 0.05) is 37.3 Å². The second-order valence-electron chi connectivity index (χ2n) is 10.9. The number of pyridine rings is 1. The van der Waals surface area contributed by atoms with Crippen molar-refractivity contribution in [3.8, 4) is 0 Å². The number of aliphatic imine (C=N–C) groups is 1. The molecule has 7 nitrogen and oxygen atoms in total. The maximum Gasteiger partial charge on any atom is 0.259 e. The largest absolute Gasteiger partial charge is 0.382 e. The molecule has 0 spiro atoms. The molecule has 0 bridgehead atoms. The van der Waals surface area contributed by atoms with Gasteiger partial charge in [-0.2, -0.15) is 0 Å². The number of carbonyl (C=O) groups excluding carboxylic acids is 1. The van der Waals surface area contributed by atoms with Crippen molar-refractivity contribution in [3.63, 3.8) is 0 Å². The van der Waals surface area contributed by atoms with Crippen LogP contribution in [-0.4, -0.2) is 58.6 Å². The van der Waals surface area contributed by atoms with Crippen LogP contribution in [0.3, 0.4) is 0 Å². The van der Waals surface area contributed by atoms with Crippen LogP contribution < -0.4 is 10.9 Å². The molecule has 8 heteroatoms. The Morgan fingerprint density at radius 1 is 1.08 bits per heavy atom. The van der Waals surface area contributed by atoms with Gasteiger partial charge in [-0.15, -0.1) is 0 Å². The third-order valence-electron chi connectivity index (χ3n) is 8.03. The number of aromatic amines is 1. The molecular weight excluding hydrogens is 493 g/mol. The van der Waals surface area contributed by atoms with Crippen molar-refractivity contribution in [1.29, 1.82) is 0 Å². The van der Waals surface area contributed by atoms with Gasteiger partial charge in [-0.3, -0.25) is 14.6 Å². The predicted octanol–water partition coefficient (Wildman–Crippen LogP) is 4.68. The molecule has 3 aromatic rings. The van der Waals surface area contributed by atoms with E-state index in [2.05, 4.69) is 15.2 Å². The van der Waals surface area contributed by atoms with E-state index in [9.17, 15) is 14.0 Å². The number of benzene rings is 2. The van der Waals surface area contributed by atoms with Crippen molar-refractivity contribution < 1.29 is 9.18 Å². The van der Waals surface area contributed by atoms with E-state index in [0.717, 1.165) is 41.9 Å². The zero-order chi connectivity index (χ0) is 26.9. The van der Waals surface area contributed by atoms with Crippen molar-refractivity contribution in [2.24, 2.45) is 4.99 Å². The quantitative estimate of drug-likeness (QED) is 0.424. The Bertz CT molecular complexity index is 1490. The highest BCUT2D eigenvalue weighted by Gasteiger charge is 2.31. The average Bonchev–Trinajstić information content (AvgIpc) is 3.64. The molecule has 2 aromatic carbocycles. The minimum atomic E-state index is -0.236. The van der Waals surface area contributed by atoms with Crippen LogP contribution in [-0.2, 0) is 19.4 Å². The third-order valence-corrected chi connectivity index (χ3v) is 8.03. The number of likely N-dealkylation sites (tertiary alicyclic amines) is 1. The molecule has 1 aromatic heterocycles. The number of nitrogens with one attached hydrogen (secondary N) is 2. The van der Waals surface area contributed by atoms with Crippen LogP contribution >= 0.6 is 0 Å². The lowest BCUT2D eigenvalue weighted by Crippen LogP contribution is -2.29. The van der Waals surface area contributed by atoms with Crippen LogP contribution in [0.25, 0.3) is 0 Å². The number of halogens is 1. The van der Waals surface area contributed by atoms with Gasteiger partial charge in [0.1, 0.15) is 5.82 Å². The molecule has 3 aliphatic heterocycles. The Kier molecular flexibility index (Phi) is 7.04. The summed E-state index contributed by atoms with van der Waals surface area (Å²) in [5.74, 6) is -0.148. The Hall–Kier alpha value is -3.78. The highest BCUT2D eigenvalue weighted by Crippen LogP contribution is 2.36. The highest BCUT2D eigenvalue weighted by atomic mass is 19.1. The lowest BCUT2D eigenvalue weighted by atomic mass is 10.00. The molecule has 4 heterocycles. The molecule has 0 aliphatic carbocycles. The van der Waals surface area contributed by atoms with Gasteiger partial charge in [-0.25, -0.2) is 4.39 Å². The molecule has 202 valence electrons. The van der Waals surface area contributed by atoms with Gasteiger partial charge in [0.2, 0.25) is 0 Å². The first-order valence-electron chi connectivity index (χ1n) is 13.9. The first kappa shape index (κ1) is 25.5. The Morgan fingerprint density at radius 3 is 2.72 bits per heavy atom. The molecular formula is C31H34FN5O2. The van der Waals surface area contributed by atoms with E-state index in [1.807, 2.05) is 36.1 Å². The number of aromatic nitrogens is 1. The number of rotatable bonds is 9. The van der Waals surface area contributed by atoms with Crippen LogP contribution in [0.4, 0.5) is 15.8 Å². The molecule has 6 rings (SSSR count). The number of hydrogen-bond donors (Lipinski definition) is 2. The van der Waals surface area contributed by atoms with Gasteiger partial charge in [0.15, 0.2) is 0 Å². The first-order valence-corrected chi connectivity index (χ1v) is 13.9. The summed E-state index contributed by atoms with van der Waals surface area (Å²) < 4.78 is 14.2. The Balaban J connectivity index is 1.17. The third kappa shape index (κ3) is 5.26. The number of carbonyl (C=O) groups is 1. The number of anilines is 1. The van der Waals surface area contributed by atoms with Crippen molar-refractivity contribution in [2.75, 3.05) is 31.5 Å². The van der Waals surface area contributed by atoms with Gasteiger partial charge < -0.3 is 20.1 Å². The molecule has 0 saturated carbocycles. The van der Waals surface area contributed by atoms with Crippen molar-refractivity contribution in [3.05, 3.63) is 92.6 Å². The monoisotopic (exact) mass is 527 g/mol. The maximum absolute atomic E-state index is 14.2. The minimum absolute atomic E-state index is 0.0876. The molecule has 1 unspecified atom stereocenters. The first-order chi connectivity index (χ1) is 19.0. The molecule has 1 fully saturated rings. The summed E-state index contributed by atoms with van der Waals surface area (Å²) in [6.45, 7) is 6.74. The molecule has 3 aliphatic rings. The van der Waals surface area contributed by atoms with Gasteiger partial charge in [0.25, 0.3) is 11.5 Å². The lowest BCUT2D eigenvalue weighted by molar-refractivity contribution is 0.0772. The summed E-state index contributed by atoms with van der Waals surface area (Å²) in [5, 5.41) is 3.40. The van der Waals surface area contributed by atoms with E-state index < -0.39 is 0 Å². The maximum atomic E-state index is 14.2. The normalized spacial score (nSPS) is 17.3. The second-order valence-corrected chi connectivity index (χ2v) is 10.9. The summed E-state index contributed by atoms with van der Waals surface area (Å²) in [6.07, 6.45) is 6.12. The van der Waals surface area contributed by atoms with E-state index >= 15 is 0 Å². The molecule has 1 amide bonds. The molecule has 0 radical (unpaired) electrons. The zero-order valence-electron chi connectivity index (χ0n) is 22.3. The van der Waals surface area contributed by atoms with Crippen LogP contribution in [0, 0.1) is 5.82 Å². The summed E-state index contributed by atoms with van der Waals surface area (Å²) in [4.78, 5) is 38.2. The van der Waals surface area contributed by atoms with Gasteiger partial charge in [-0.1, -0.05) is 18.2 Å². The van der Waals surface area contributed by atoms with Gasteiger partial charge >= 0.3 is 0 Å². The number of hydrogen-bond acceptors (Lipinski definition) is 5. The SMILES string of the molecule is CC(Cc1ccccc1F)Nc1cc[nH]c(=O)c1C1=Nc2cc3c(cc2C1)C(=O)N(CCCN1CCCC1)C3. The summed E-state index contributed by atoms with van der Waals surface area (Å²) in [6, 6.07) is 12.4. The Labute approximate surface area is 227 Å². The number of amides is 1. The smallest absolute Gasteiger partial charge is 0.259 e. The zero-order valence-corrected chi connectivity index (χ0v) is 22.3. The minimum Gasteiger partial charge on any atom is -0.382 e. The van der Waals surface area contributed by atoms with E-state index in [0.29, 0.717) is 41.9 Å². The van der Waals surface area contributed by atoms with E-state index in [-0.39, 0.29) is 23.3 Å². The van der Waals surface area contributed by atoms with Crippen molar-refractivity contribution in [1.82, 2.24) is 14.8 Å². The lowest BCUT2D eigenvalue weighted by Gasteiger charge is -2.19. The van der Waals surface area contributed by atoms with Crippen LogP contribution in [0.2, 0.25) is 0 Å². The van der Waals surface area contributed by atoms with E-state index in [1.165, 1.54) is 32.0 Å². The predicted molar refractivity (Wildman–Crippen MR) is 152 cm³/mol. The number of nitrogens with zero attached hydrogens (tertiary/aromatic N) is 3. The summed E-state index contributed by atoms with van der Waals surface area (Å²) in [5.41, 5.74) is 5.77. The van der Waals surface area contributed by atoms with E-state index in [4.69, 9.17) is 4.99 Å². The fourth-order valence-corrected chi connectivity index (χ4v) is 6.08. The van der Waals surface area contributed by atoms with E-state index in [1.54, 1.807) is 18.3 Å². The molecule has 1 saturated heterocycles. The topological polar surface area (TPSA) is 80.8 Å². The summed E-state index contributed by atoms with van der Waals surface area (Å²) in [7, 11) is 0. The number of H-pyrrole nitrogens is 1. The van der Waals surface area contributed by atoms with Crippen molar-refractivity contribution >= 4 is 23.0 Å². The highest BCUT2D eigenvalue weighted by molar-refractivity contribution is 6.10. The fraction of sp³-hybridized carbons (Fsp3) is 0.387. The number of fused-ring (bicyclic) bond motifs is 2. The van der Waals surface area contributed by atoms with Gasteiger partial charge in [-0.05, 0) is 93.2 Å². The molecule has 2 N–H and O–H groups in total. The molecule has 39 heavy (non-hydrogen) atoms. The van der Waals surface area contributed by atoms with Gasteiger partial charge in [0.05, 0.1) is 22.6 Å². The second kappa shape index (κ2) is 10.8. The molecule has 1 atom stereocenters. The fourth-order valence-electron chi connectivity index (χ4n) is 6.08. The summed E-state index contributed by atoms with van der Waals surface area (Å²) >= 11 is 0. The standard InChI is InChI=1S/C31H34FN5O2/c1-20(15-21-7-2-3-8-25(21)32)34-26-9-10-33-30(38)29(26)28-17-22-16-24-23(18-27(22)35-28)19-37(31(24)39)14-6-13-36-11-4-5-12-36/h2-3,7-10,16,18,20H,4-6,11-15,17,19H2,1H3,(H2,33,34,38). The average molecular weight is 528 g/mol. The van der Waals surface area contributed by atoms with Crippen LogP contribution in [0.1, 0.15) is 58.8 Å². The van der Waals surface area contributed by atoms with Crippen LogP contribution in [0.15, 0.2) is 58.4 Å². The van der Waals surface area contributed by atoms with Crippen molar-refractivity contribution in [2.45, 2.75) is 51.6 Å². The van der Waals surface area contributed by atoms with Crippen LogP contribution in [0.5, 0.6) is 0 Å². The Morgan fingerprint density at radius 2 is 1.90 bits per heavy atom.